The largest absolute Gasteiger partial charge is 0.465 e. The van der Waals surface area contributed by atoms with Gasteiger partial charge in [0, 0.05) is 17.8 Å². The highest BCUT2D eigenvalue weighted by Gasteiger charge is 2.31. The standard InChI is InChI=1S/C18H14F3N3O4S/c1-2-28-16(25)10-29-17-22-14-9-13(24(26)27)6-7-15(14)23(17)12-5-3-4-11(8-12)18(19,20)21/h3-9H,2,10H2,1H3. The smallest absolute Gasteiger partial charge is 0.416 e. The molecule has 2 aromatic carbocycles. The third-order valence-electron chi connectivity index (χ3n) is 3.87. The van der Waals surface area contributed by atoms with Gasteiger partial charge in [-0.25, -0.2) is 4.98 Å². The molecule has 0 aliphatic heterocycles. The van der Waals surface area contributed by atoms with Crippen molar-refractivity contribution in [1.82, 2.24) is 9.55 Å². The van der Waals surface area contributed by atoms with Crippen molar-refractivity contribution in [1.29, 1.82) is 0 Å². The van der Waals surface area contributed by atoms with E-state index in [0.29, 0.717) is 5.52 Å². The number of fused-ring (bicyclic) bond motifs is 1. The maximum absolute atomic E-state index is 13.1. The number of nitro groups is 1. The fourth-order valence-corrected chi connectivity index (χ4v) is 3.48. The van der Waals surface area contributed by atoms with Gasteiger partial charge in [-0.15, -0.1) is 0 Å². The molecule has 1 aromatic heterocycles. The van der Waals surface area contributed by atoms with Gasteiger partial charge in [0.1, 0.15) is 0 Å². The van der Waals surface area contributed by atoms with Crippen LogP contribution in [-0.2, 0) is 15.7 Å². The molecule has 3 aromatic rings. The van der Waals surface area contributed by atoms with Crippen LogP contribution in [-0.4, -0.2) is 32.8 Å². The molecule has 0 aliphatic carbocycles. The van der Waals surface area contributed by atoms with E-state index >= 15 is 0 Å². The van der Waals surface area contributed by atoms with Gasteiger partial charge in [-0.1, -0.05) is 17.8 Å². The van der Waals surface area contributed by atoms with Gasteiger partial charge in [-0.2, -0.15) is 13.2 Å². The molecular formula is C18H14F3N3O4S. The Hall–Kier alpha value is -3.08. The number of carbonyl (C=O) groups excluding carboxylic acids is 1. The van der Waals surface area contributed by atoms with Crippen LogP contribution in [0.2, 0.25) is 0 Å². The number of thioether (sulfide) groups is 1. The van der Waals surface area contributed by atoms with Crippen molar-refractivity contribution in [3.05, 3.63) is 58.1 Å². The van der Waals surface area contributed by atoms with E-state index in [4.69, 9.17) is 4.74 Å². The van der Waals surface area contributed by atoms with Crippen molar-refractivity contribution in [2.75, 3.05) is 12.4 Å². The first kappa shape index (κ1) is 20.6. The van der Waals surface area contributed by atoms with Crippen LogP contribution in [0.5, 0.6) is 0 Å². The first-order chi connectivity index (χ1) is 13.7. The lowest BCUT2D eigenvalue weighted by Gasteiger charge is -2.12. The van der Waals surface area contributed by atoms with E-state index in [2.05, 4.69) is 4.98 Å². The van der Waals surface area contributed by atoms with E-state index in [9.17, 15) is 28.1 Å². The van der Waals surface area contributed by atoms with Gasteiger partial charge in [0.15, 0.2) is 5.16 Å². The lowest BCUT2D eigenvalue weighted by atomic mass is 10.2. The average molecular weight is 425 g/mol. The summed E-state index contributed by atoms with van der Waals surface area (Å²) < 4.78 is 45.7. The van der Waals surface area contributed by atoms with Crippen LogP contribution >= 0.6 is 11.8 Å². The molecule has 0 saturated carbocycles. The highest BCUT2D eigenvalue weighted by atomic mass is 32.2. The molecule has 11 heteroatoms. The predicted molar refractivity (Wildman–Crippen MR) is 100 cm³/mol. The normalized spacial score (nSPS) is 11.6. The van der Waals surface area contributed by atoms with Crippen molar-refractivity contribution < 1.29 is 27.6 Å². The van der Waals surface area contributed by atoms with Crippen molar-refractivity contribution in [2.24, 2.45) is 0 Å². The van der Waals surface area contributed by atoms with Gasteiger partial charge in [0.05, 0.1) is 33.9 Å². The molecule has 7 nitrogen and oxygen atoms in total. The third kappa shape index (κ3) is 4.50. The number of non-ortho nitro benzene ring substituents is 1. The maximum Gasteiger partial charge on any atom is 0.416 e. The van der Waals surface area contributed by atoms with Crippen molar-refractivity contribution in [3.63, 3.8) is 0 Å². The van der Waals surface area contributed by atoms with Gasteiger partial charge < -0.3 is 4.74 Å². The Morgan fingerprint density at radius 2 is 2.03 bits per heavy atom. The lowest BCUT2D eigenvalue weighted by molar-refractivity contribution is -0.384. The maximum atomic E-state index is 13.1. The summed E-state index contributed by atoms with van der Waals surface area (Å²) in [5.74, 6) is -0.621. The molecule has 0 saturated heterocycles. The fourth-order valence-electron chi connectivity index (χ4n) is 2.65. The number of hydrogen-bond acceptors (Lipinski definition) is 6. The molecule has 0 atom stereocenters. The summed E-state index contributed by atoms with van der Waals surface area (Å²) in [6, 6.07) is 8.51. The number of ether oxygens (including phenoxy) is 1. The number of imidazole rings is 1. The zero-order valence-electron chi connectivity index (χ0n) is 15.0. The van der Waals surface area contributed by atoms with E-state index in [-0.39, 0.29) is 34.4 Å². The van der Waals surface area contributed by atoms with Gasteiger partial charge in [-0.3, -0.25) is 19.5 Å². The Morgan fingerprint density at radius 1 is 1.28 bits per heavy atom. The molecule has 0 fully saturated rings. The Labute approximate surface area is 166 Å². The molecule has 0 amide bonds. The number of esters is 1. The second-order valence-corrected chi connectivity index (χ2v) is 6.74. The summed E-state index contributed by atoms with van der Waals surface area (Å²) in [4.78, 5) is 26.4. The summed E-state index contributed by atoms with van der Waals surface area (Å²) in [5.41, 5.74) is -0.278. The Kier molecular flexibility index (Phi) is 5.78. The highest BCUT2D eigenvalue weighted by Crippen LogP contribution is 2.34. The number of carbonyl (C=O) groups is 1. The molecule has 1 heterocycles. The zero-order chi connectivity index (χ0) is 21.2. The first-order valence-corrected chi connectivity index (χ1v) is 9.32. The summed E-state index contributed by atoms with van der Waals surface area (Å²) in [7, 11) is 0. The van der Waals surface area contributed by atoms with E-state index < -0.39 is 22.6 Å². The van der Waals surface area contributed by atoms with E-state index in [1.807, 2.05) is 0 Å². The number of hydrogen-bond donors (Lipinski definition) is 0. The van der Waals surface area contributed by atoms with Crippen molar-refractivity contribution in [3.8, 4) is 5.69 Å². The quantitative estimate of drug-likeness (QED) is 0.248. The molecule has 152 valence electrons. The van der Waals surface area contributed by atoms with Crippen LogP contribution in [0, 0.1) is 10.1 Å². The van der Waals surface area contributed by atoms with Crippen LogP contribution < -0.4 is 0 Å². The summed E-state index contributed by atoms with van der Waals surface area (Å²) in [5, 5.41) is 11.2. The molecule has 0 bridgehead atoms. The van der Waals surface area contributed by atoms with E-state index in [1.54, 1.807) is 6.92 Å². The van der Waals surface area contributed by atoms with E-state index in [0.717, 1.165) is 23.9 Å². The van der Waals surface area contributed by atoms with Crippen molar-refractivity contribution >= 4 is 34.5 Å². The zero-order valence-corrected chi connectivity index (χ0v) is 15.8. The molecule has 0 unspecified atom stereocenters. The fraction of sp³-hybridized carbons (Fsp3) is 0.222. The van der Waals surface area contributed by atoms with Crippen LogP contribution in [0.3, 0.4) is 0 Å². The number of aromatic nitrogens is 2. The second-order valence-electron chi connectivity index (χ2n) is 5.80. The molecular weight excluding hydrogens is 411 g/mol. The SMILES string of the molecule is CCOC(=O)CSc1nc2cc([N+](=O)[O-])ccc2n1-c1cccc(C(F)(F)F)c1. The van der Waals surface area contributed by atoms with Gasteiger partial charge in [-0.05, 0) is 31.2 Å². The summed E-state index contributed by atoms with van der Waals surface area (Å²) in [6.45, 7) is 1.84. The second kappa shape index (κ2) is 8.11. The monoisotopic (exact) mass is 425 g/mol. The Bertz CT molecular complexity index is 1080. The number of benzene rings is 2. The average Bonchev–Trinajstić information content (AvgIpc) is 3.03. The first-order valence-electron chi connectivity index (χ1n) is 8.33. The highest BCUT2D eigenvalue weighted by molar-refractivity contribution is 7.99. The number of rotatable bonds is 6. The predicted octanol–water partition coefficient (Wildman–Crippen LogP) is 4.61. The summed E-state index contributed by atoms with van der Waals surface area (Å²) in [6.07, 6.45) is -4.54. The topological polar surface area (TPSA) is 87.3 Å². The molecule has 0 spiro atoms. The molecule has 29 heavy (non-hydrogen) atoms. The minimum atomic E-state index is -4.54. The van der Waals surface area contributed by atoms with Crippen LogP contribution in [0.25, 0.3) is 16.7 Å². The van der Waals surface area contributed by atoms with Gasteiger partial charge in [0.25, 0.3) is 5.69 Å². The minimum absolute atomic E-state index is 0.113. The number of nitrogens with zero attached hydrogens (tertiary/aromatic N) is 3. The van der Waals surface area contributed by atoms with Crippen molar-refractivity contribution in [2.45, 2.75) is 18.3 Å². The minimum Gasteiger partial charge on any atom is -0.465 e. The number of nitro benzene ring substituents is 1. The third-order valence-corrected chi connectivity index (χ3v) is 4.79. The van der Waals surface area contributed by atoms with Gasteiger partial charge >= 0.3 is 12.1 Å². The Morgan fingerprint density at radius 3 is 2.69 bits per heavy atom. The van der Waals surface area contributed by atoms with Crippen LogP contribution in [0.15, 0.2) is 47.6 Å². The summed E-state index contributed by atoms with van der Waals surface area (Å²) >= 11 is 0.969. The molecule has 0 radical (unpaired) electrons. The lowest BCUT2D eigenvalue weighted by Crippen LogP contribution is -2.08. The molecule has 0 aliphatic rings. The molecule has 0 N–H and O–H groups in total. The van der Waals surface area contributed by atoms with Crippen LogP contribution in [0.1, 0.15) is 12.5 Å². The number of alkyl halides is 3. The van der Waals surface area contributed by atoms with Crippen LogP contribution in [0.4, 0.5) is 18.9 Å². The number of halogens is 3. The van der Waals surface area contributed by atoms with Gasteiger partial charge in [0.2, 0.25) is 0 Å². The van der Waals surface area contributed by atoms with E-state index in [1.165, 1.54) is 34.9 Å². The Balaban J connectivity index is 2.13. The molecule has 3 rings (SSSR count).